The molecule has 1 rings (SSSR count). The number of likely N-dealkylation sites (N-methyl/N-ethyl adjacent to an activating group) is 1. The third kappa shape index (κ3) is 4.13. The summed E-state index contributed by atoms with van der Waals surface area (Å²) in [6.45, 7) is 11.6. The van der Waals surface area contributed by atoms with Crippen LogP contribution in [0.25, 0.3) is 0 Å². The molecule has 0 aromatic heterocycles. The lowest BCUT2D eigenvalue weighted by molar-refractivity contribution is 0.278. The van der Waals surface area contributed by atoms with Gasteiger partial charge in [0.1, 0.15) is 0 Å². The Kier molecular flexibility index (Phi) is 4.98. The van der Waals surface area contributed by atoms with E-state index in [1.54, 1.807) is 0 Å². The number of benzene rings is 1. The molecule has 0 heterocycles. The first-order valence-corrected chi connectivity index (χ1v) is 7.00. The van der Waals surface area contributed by atoms with Gasteiger partial charge in [0.15, 0.2) is 0 Å². The maximum atomic E-state index is 3.51. The van der Waals surface area contributed by atoms with Crippen LogP contribution in [0, 0.1) is 5.41 Å². The summed E-state index contributed by atoms with van der Waals surface area (Å²) >= 11 is 0. The minimum Gasteiger partial charge on any atom is -0.316 e. The molecule has 0 saturated carbocycles. The monoisotopic (exact) mass is 247 g/mol. The lowest BCUT2D eigenvalue weighted by atomic mass is 9.74. The van der Waals surface area contributed by atoms with Crippen molar-refractivity contribution < 1.29 is 0 Å². The molecule has 0 spiro atoms. The number of nitrogens with one attached hydrogen (secondary N) is 1. The average Bonchev–Trinajstić information content (AvgIpc) is 2.29. The standard InChI is InChI=1S/C17H29N/c1-16(2,3)13-12-15(18-6)17(4,5)14-10-8-7-9-11-14/h7-11,15,18H,12-13H2,1-6H3. The molecule has 0 aliphatic heterocycles. The third-order valence-corrected chi connectivity index (χ3v) is 3.92. The zero-order chi connectivity index (χ0) is 13.8. The van der Waals surface area contributed by atoms with E-state index in [9.17, 15) is 0 Å². The average molecular weight is 247 g/mol. The fourth-order valence-electron chi connectivity index (χ4n) is 2.51. The molecular weight excluding hydrogens is 218 g/mol. The van der Waals surface area contributed by atoms with E-state index < -0.39 is 0 Å². The van der Waals surface area contributed by atoms with Crippen molar-refractivity contribution in [1.29, 1.82) is 0 Å². The molecular formula is C17H29N. The van der Waals surface area contributed by atoms with Crippen molar-refractivity contribution >= 4 is 0 Å². The summed E-state index contributed by atoms with van der Waals surface area (Å²) in [5, 5.41) is 3.51. The topological polar surface area (TPSA) is 12.0 Å². The van der Waals surface area contributed by atoms with E-state index in [-0.39, 0.29) is 5.41 Å². The van der Waals surface area contributed by atoms with Gasteiger partial charge in [0.2, 0.25) is 0 Å². The zero-order valence-corrected chi connectivity index (χ0v) is 12.9. The highest BCUT2D eigenvalue weighted by molar-refractivity contribution is 5.25. The Balaban J connectivity index is 2.80. The molecule has 0 radical (unpaired) electrons. The van der Waals surface area contributed by atoms with E-state index in [1.807, 2.05) is 0 Å². The van der Waals surface area contributed by atoms with Crippen molar-refractivity contribution in [3.8, 4) is 0 Å². The van der Waals surface area contributed by atoms with Crippen LogP contribution in [0.1, 0.15) is 53.0 Å². The third-order valence-electron chi connectivity index (χ3n) is 3.92. The Morgan fingerprint density at radius 3 is 2.00 bits per heavy atom. The van der Waals surface area contributed by atoms with Crippen molar-refractivity contribution in [2.75, 3.05) is 7.05 Å². The Morgan fingerprint density at radius 1 is 1.00 bits per heavy atom. The first kappa shape index (κ1) is 15.2. The van der Waals surface area contributed by atoms with Gasteiger partial charge in [-0.05, 0) is 30.9 Å². The Hall–Kier alpha value is -0.820. The largest absolute Gasteiger partial charge is 0.316 e. The zero-order valence-electron chi connectivity index (χ0n) is 12.9. The molecule has 1 N–H and O–H groups in total. The van der Waals surface area contributed by atoms with E-state index in [0.717, 1.165) is 0 Å². The quantitative estimate of drug-likeness (QED) is 0.814. The lowest BCUT2D eigenvalue weighted by Crippen LogP contribution is -2.43. The van der Waals surface area contributed by atoms with Crippen LogP contribution in [0.5, 0.6) is 0 Å². The summed E-state index contributed by atoms with van der Waals surface area (Å²) < 4.78 is 0. The first-order chi connectivity index (χ1) is 8.27. The van der Waals surface area contributed by atoms with Crippen molar-refractivity contribution in [2.45, 2.75) is 58.9 Å². The lowest BCUT2D eigenvalue weighted by Gasteiger charge is -2.36. The van der Waals surface area contributed by atoms with Gasteiger partial charge in [-0.15, -0.1) is 0 Å². The maximum absolute atomic E-state index is 3.51. The van der Waals surface area contributed by atoms with Crippen molar-refractivity contribution in [1.82, 2.24) is 5.32 Å². The van der Waals surface area contributed by atoms with E-state index in [1.165, 1.54) is 18.4 Å². The summed E-state index contributed by atoms with van der Waals surface area (Å²) in [4.78, 5) is 0. The molecule has 1 heteroatoms. The van der Waals surface area contributed by atoms with Crippen LogP contribution in [0.2, 0.25) is 0 Å². The molecule has 18 heavy (non-hydrogen) atoms. The van der Waals surface area contributed by atoms with Crippen LogP contribution in [-0.2, 0) is 5.41 Å². The van der Waals surface area contributed by atoms with Gasteiger partial charge in [0.05, 0.1) is 0 Å². The molecule has 0 saturated heterocycles. The minimum atomic E-state index is 0.168. The van der Waals surface area contributed by atoms with E-state index in [4.69, 9.17) is 0 Å². The van der Waals surface area contributed by atoms with Crippen molar-refractivity contribution in [2.24, 2.45) is 5.41 Å². The SMILES string of the molecule is CNC(CCC(C)(C)C)C(C)(C)c1ccccc1. The maximum Gasteiger partial charge on any atom is 0.0156 e. The fourth-order valence-corrected chi connectivity index (χ4v) is 2.51. The summed E-state index contributed by atoms with van der Waals surface area (Å²) in [7, 11) is 2.08. The smallest absolute Gasteiger partial charge is 0.0156 e. The fraction of sp³-hybridized carbons (Fsp3) is 0.647. The highest BCUT2D eigenvalue weighted by Gasteiger charge is 2.30. The van der Waals surface area contributed by atoms with Crippen LogP contribution >= 0.6 is 0 Å². The van der Waals surface area contributed by atoms with Crippen LogP contribution in [0.4, 0.5) is 0 Å². The molecule has 0 aliphatic rings. The summed E-state index contributed by atoms with van der Waals surface area (Å²) in [5.74, 6) is 0. The second-order valence-electron chi connectivity index (χ2n) is 7.03. The number of hydrogen-bond donors (Lipinski definition) is 1. The Labute approximate surface area is 113 Å². The van der Waals surface area contributed by atoms with Crippen LogP contribution < -0.4 is 5.32 Å². The molecule has 0 aliphatic carbocycles. The highest BCUT2D eigenvalue weighted by atomic mass is 14.9. The Bertz CT molecular complexity index is 346. The summed E-state index contributed by atoms with van der Waals surface area (Å²) in [6.07, 6.45) is 2.46. The first-order valence-electron chi connectivity index (χ1n) is 7.00. The second kappa shape index (κ2) is 5.88. The molecule has 1 nitrogen and oxygen atoms in total. The molecule has 0 amide bonds. The normalized spacial score (nSPS) is 14.6. The molecule has 102 valence electrons. The van der Waals surface area contributed by atoms with E-state index in [0.29, 0.717) is 11.5 Å². The van der Waals surface area contributed by atoms with Crippen molar-refractivity contribution in [3.05, 3.63) is 35.9 Å². The van der Waals surface area contributed by atoms with Gasteiger partial charge in [-0.25, -0.2) is 0 Å². The number of hydrogen-bond acceptors (Lipinski definition) is 1. The predicted molar refractivity (Wildman–Crippen MR) is 81.0 cm³/mol. The molecule has 1 atom stereocenters. The van der Waals surface area contributed by atoms with Gasteiger partial charge in [-0.2, -0.15) is 0 Å². The highest BCUT2D eigenvalue weighted by Crippen LogP contribution is 2.32. The van der Waals surface area contributed by atoms with Gasteiger partial charge in [0.25, 0.3) is 0 Å². The van der Waals surface area contributed by atoms with Crippen molar-refractivity contribution in [3.63, 3.8) is 0 Å². The van der Waals surface area contributed by atoms with Crippen LogP contribution in [0.3, 0.4) is 0 Å². The van der Waals surface area contributed by atoms with Crippen LogP contribution in [0.15, 0.2) is 30.3 Å². The molecule has 1 unspecified atom stereocenters. The van der Waals surface area contributed by atoms with E-state index >= 15 is 0 Å². The molecule has 1 aromatic carbocycles. The van der Waals surface area contributed by atoms with Gasteiger partial charge in [-0.3, -0.25) is 0 Å². The summed E-state index contributed by atoms with van der Waals surface area (Å²) in [6, 6.07) is 11.3. The van der Waals surface area contributed by atoms with Gasteiger partial charge in [0, 0.05) is 11.5 Å². The number of rotatable bonds is 5. The van der Waals surface area contributed by atoms with Gasteiger partial charge >= 0.3 is 0 Å². The Morgan fingerprint density at radius 2 is 1.56 bits per heavy atom. The minimum absolute atomic E-state index is 0.168. The predicted octanol–water partition coefficient (Wildman–Crippen LogP) is 4.38. The molecule has 1 aromatic rings. The molecule has 0 bridgehead atoms. The van der Waals surface area contributed by atoms with Crippen LogP contribution in [-0.4, -0.2) is 13.1 Å². The van der Waals surface area contributed by atoms with E-state index in [2.05, 4.69) is 77.3 Å². The summed E-state index contributed by atoms with van der Waals surface area (Å²) in [5.41, 5.74) is 1.99. The van der Waals surface area contributed by atoms with Gasteiger partial charge in [-0.1, -0.05) is 65.0 Å². The van der Waals surface area contributed by atoms with Gasteiger partial charge < -0.3 is 5.32 Å². The molecule has 0 fully saturated rings. The second-order valence-corrected chi connectivity index (χ2v) is 7.03.